The third-order valence-corrected chi connectivity index (χ3v) is 3.12. The summed E-state index contributed by atoms with van der Waals surface area (Å²) in [5.41, 5.74) is 3.01. The van der Waals surface area contributed by atoms with Crippen molar-refractivity contribution in [2.45, 2.75) is 0 Å². The summed E-state index contributed by atoms with van der Waals surface area (Å²) in [6, 6.07) is 9.84. The summed E-state index contributed by atoms with van der Waals surface area (Å²) < 4.78 is 10.6. The van der Waals surface area contributed by atoms with Crippen LogP contribution < -0.4 is 9.47 Å². The molecule has 0 aliphatic heterocycles. The number of methoxy groups -OCH3 is 2. The second-order valence-electron chi connectivity index (χ2n) is 4.21. The van der Waals surface area contributed by atoms with Crippen molar-refractivity contribution in [2.75, 3.05) is 14.2 Å². The topological polar surface area (TPSA) is 47.1 Å². The molecule has 4 nitrogen and oxygen atoms in total. The Morgan fingerprint density at radius 2 is 1.95 bits per heavy atom. The van der Waals surface area contributed by atoms with Gasteiger partial charge in [-0.1, -0.05) is 0 Å². The van der Waals surface area contributed by atoms with Gasteiger partial charge in [0.1, 0.15) is 11.5 Å². The Labute approximate surface area is 111 Å². The van der Waals surface area contributed by atoms with Crippen molar-refractivity contribution in [1.29, 1.82) is 0 Å². The van der Waals surface area contributed by atoms with Crippen LogP contribution >= 0.6 is 0 Å². The first-order valence-electron chi connectivity index (χ1n) is 5.97. The van der Waals surface area contributed by atoms with Crippen molar-refractivity contribution < 1.29 is 9.47 Å². The van der Waals surface area contributed by atoms with Gasteiger partial charge in [0, 0.05) is 23.2 Å². The SMILES string of the molecule is COc1ccc(-c2cc3ccncc3[nH]2)c(OC)c1. The molecule has 0 amide bonds. The minimum Gasteiger partial charge on any atom is -0.497 e. The lowest BCUT2D eigenvalue weighted by Crippen LogP contribution is -1.90. The van der Waals surface area contributed by atoms with Crippen LogP contribution in [-0.2, 0) is 0 Å². The second-order valence-corrected chi connectivity index (χ2v) is 4.21. The zero-order chi connectivity index (χ0) is 13.2. The molecule has 4 heteroatoms. The Balaban J connectivity index is 2.15. The van der Waals surface area contributed by atoms with E-state index in [1.54, 1.807) is 20.4 Å². The van der Waals surface area contributed by atoms with Crippen LogP contribution in [0, 0.1) is 0 Å². The number of hydrogen-bond donors (Lipinski definition) is 1. The maximum Gasteiger partial charge on any atom is 0.131 e. The molecule has 1 aromatic carbocycles. The molecule has 2 aromatic heterocycles. The second kappa shape index (κ2) is 4.65. The van der Waals surface area contributed by atoms with E-state index in [4.69, 9.17) is 9.47 Å². The normalized spacial score (nSPS) is 10.6. The van der Waals surface area contributed by atoms with Crippen LogP contribution in [0.2, 0.25) is 0 Å². The highest BCUT2D eigenvalue weighted by Gasteiger charge is 2.10. The number of aromatic nitrogens is 2. The molecular weight excluding hydrogens is 240 g/mol. The van der Waals surface area contributed by atoms with Crippen molar-refractivity contribution in [3.8, 4) is 22.8 Å². The van der Waals surface area contributed by atoms with Gasteiger partial charge in [-0.2, -0.15) is 0 Å². The number of rotatable bonds is 3. The van der Waals surface area contributed by atoms with E-state index >= 15 is 0 Å². The first kappa shape index (κ1) is 11.6. The molecule has 0 aliphatic carbocycles. The number of fused-ring (bicyclic) bond motifs is 1. The molecule has 0 spiro atoms. The van der Waals surface area contributed by atoms with E-state index in [1.165, 1.54) is 0 Å². The summed E-state index contributed by atoms with van der Waals surface area (Å²) in [5.74, 6) is 1.55. The van der Waals surface area contributed by atoms with Crippen molar-refractivity contribution in [3.05, 3.63) is 42.7 Å². The Hall–Kier alpha value is -2.49. The number of H-pyrrole nitrogens is 1. The highest BCUT2D eigenvalue weighted by Crippen LogP contribution is 2.34. The maximum atomic E-state index is 5.42. The number of ether oxygens (including phenoxy) is 2. The zero-order valence-electron chi connectivity index (χ0n) is 10.8. The van der Waals surface area contributed by atoms with Gasteiger partial charge in [-0.05, 0) is 24.3 Å². The molecule has 0 atom stereocenters. The smallest absolute Gasteiger partial charge is 0.131 e. The first-order valence-corrected chi connectivity index (χ1v) is 5.97. The Morgan fingerprint density at radius 1 is 1.05 bits per heavy atom. The highest BCUT2D eigenvalue weighted by atomic mass is 16.5. The molecule has 96 valence electrons. The minimum absolute atomic E-state index is 0.776. The van der Waals surface area contributed by atoms with Crippen LogP contribution in [-0.4, -0.2) is 24.2 Å². The summed E-state index contributed by atoms with van der Waals surface area (Å²) in [5, 5.41) is 1.13. The fourth-order valence-electron chi connectivity index (χ4n) is 2.14. The fraction of sp³-hybridized carbons (Fsp3) is 0.133. The summed E-state index contributed by atoms with van der Waals surface area (Å²) in [6.07, 6.45) is 3.60. The lowest BCUT2D eigenvalue weighted by Gasteiger charge is -2.08. The van der Waals surface area contributed by atoms with Gasteiger partial charge >= 0.3 is 0 Å². The number of pyridine rings is 1. The van der Waals surface area contributed by atoms with Gasteiger partial charge in [0.15, 0.2) is 0 Å². The lowest BCUT2D eigenvalue weighted by molar-refractivity contribution is 0.395. The van der Waals surface area contributed by atoms with Crippen LogP contribution in [0.4, 0.5) is 0 Å². The third-order valence-electron chi connectivity index (χ3n) is 3.12. The number of nitrogens with zero attached hydrogens (tertiary/aromatic N) is 1. The number of benzene rings is 1. The van der Waals surface area contributed by atoms with Crippen molar-refractivity contribution in [3.63, 3.8) is 0 Å². The van der Waals surface area contributed by atoms with Gasteiger partial charge in [-0.25, -0.2) is 0 Å². The molecular formula is C15H14N2O2. The summed E-state index contributed by atoms with van der Waals surface area (Å²) in [7, 11) is 3.30. The summed E-state index contributed by atoms with van der Waals surface area (Å²) in [6.45, 7) is 0. The van der Waals surface area contributed by atoms with Crippen LogP contribution in [0.5, 0.6) is 11.5 Å². The van der Waals surface area contributed by atoms with Crippen molar-refractivity contribution in [1.82, 2.24) is 9.97 Å². The van der Waals surface area contributed by atoms with Crippen LogP contribution in [0.1, 0.15) is 0 Å². The molecule has 0 saturated carbocycles. The van der Waals surface area contributed by atoms with Gasteiger partial charge in [0.2, 0.25) is 0 Å². The Bertz CT molecular complexity index is 686. The van der Waals surface area contributed by atoms with Gasteiger partial charge in [-0.3, -0.25) is 4.98 Å². The lowest BCUT2D eigenvalue weighted by atomic mass is 10.1. The number of hydrogen-bond acceptors (Lipinski definition) is 3. The molecule has 3 aromatic rings. The zero-order valence-corrected chi connectivity index (χ0v) is 10.8. The number of nitrogens with one attached hydrogen (secondary N) is 1. The average molecular weight is 254 g/mol. The molecule has 0 aliphatic rings. The summed E-state index contributed by atoms with van der Waals surface area (Å²) >= 11 is 0. The highest BCUT2D eigenvalue weighted by molar-refractivity contribution is 5.86. The molecule has 19 heavy (non-hydrogen) atoms. The minimum atomic E-state index is 0.776. The van der Waals surface area contributed by atoms with E-state index < -0.39 is 0 Å². The Kier molecular flexibility index (Phi) is 2.83. The van der Waals surface area contributed by atoms with Gasteiger partial charge < -0.3 is 14.5 Å². The molecule has 0 radical (unpaired) electrons. The van der Waals surface area contributed by atoms with E-state index in [9.17, 15) is 0 Å². The molecule has 0 saturated heterocycles. The van der Waals surface area contributed by atoms with Gasteiger partial charge in [-0.15, -0.1) is 0 Å². The summed E-state index contributed by atoms with van der Waals surface area (Å²) in [4.78, 5) is 7.45. The van der Waals surface area contributed by atoms with Gasteiger partial charge in [0.25, 0.3) is 0 Å². The maximum absolute atomic E-state index is 5.42. The first-order chi connectivity index (χ1) is 9.31. The van der Waals surface area contributed by atoms with E-state index in [2.05, 4.69) is 16.0 Å². The number of aromatic amines is 1. The molecule has 0 unspecified atom stereocenters. The van der Waals surface area contributed by atoms with Crippen molar-refractivity contribution >= 4 is 10.9 Å². The molecule has 2 heterocycles. The molecule has 0 bridgehead atoms. The van der Waals surface area contributed by atoms with Crippen molar-refractivity contribution in [2.24, 2.45) is 0 Å². The molecule has 0 fully saturated rings. The molecule has 3 rings (SSSR count). The molecule has 1 N–H and O–H groups in total. The largest absolute Gasteiger partial charge is 0.497 e. The predicted molar refractivity (Wildman–Crippen MR) is 74.6 cm³/mol. The van der Waals surface area contributed by atoms with E-state index in [-0.39, 0.29) is 0 Å². The fourth-order valence-corrected chi connectivity index (χ4v) is 2.14. The average Bonchev–Trinajstić information content (AvgIpc) is 2.90. The Morgan fingerprint density at radius 3 is 2.68 bits per heavy atom. The monoisotopic (exact) mass is 254 g/mol. The van der Waals surface area contributed by atoms with E-state index in [1.807, 2.05) is 30.5 Å². The van der Waals surface area contributed by atoms with Crippen LogP contribution in [0.3, 0.4) is 0 Å². The van der Waals surface area contributed by atoms with Gasteiger partial charge in [0.05, 0.1) is 31.6 Å². The quantitative estimate of drug-likeness (QED) is 0.780. The van der Waals surface area contributed by atoms with E-state index in [0.717, 1.165) is 33.7 Å². The van der Waals surface area contributed by atoms with E-state index in [0.29, 0.717) is 0 Å². The third kappa shape index (κ3) is 2.01. The van der Waals surface area contributed by atoms with Crippen LogP contribution in [0.15, 0.2) is 42.7 Å². The predicted octanol–water partition coefficient (Wildman–Crippen LogP) is 3.25. The standard InChI is InChI=1S/C15H14N2O2/c1-18-11-3-4-12(15(8-11)19-2)13-7-10-5-6-16-9-14(10)17-13/h3-9,17H,1-2H3. The van der Waals surface area contributed by atoms with Crippen LogP contribution in [0.25, 0.3) is 22.2 Å².